The first-order valence-corrected chi connectivity index (χ1v) is 10.1. The van der Waals surface area contributed by atoms with Crippen LogP contribution in [-0.4, -0.2) is 42.5 Å². The van der Waals surface area contributed by atoms with Crippen molar-refractivity contribution in [2.45, 2.75) is 38.6 Å². The average molecular weight is 411 g/mol. The van der Waals surface area contributed by atoms with Gasteiger partial charge < -0.3 is 15.2 Å². The second-order valence-corrected chi connectivity index (χ2v) is 7.46. The highest BCUT2D eigenvalue weighted by molar-refractivity contribution is 5.82. The van der Waals surface area contributed by atoms with Crippen LogP contribution in [0.25, 0.3) is 11.1 Å². The van der Waals surface area contributed by atoms with Crippen molar-refractivity contribution in [2.75, 3.05) is 13.7 Å². The highest BCUT2D eigenvalue weighted by atomic mass is 16.5. The van der Waals surface area contributed by atoms with E-state index in [2.05, 4.69) is 5.32 Å². The van der Waals surface area contributed by atoms with Crippen LogP contribution >= 0.6 is 0 Å². The molecule has 0 heterocycles. The zero-order valence-corrected chi connectivity index (χ0v) is 17.5. The van der Waals surface area contributed by atoms with Crippen molar-refractivity contribution in [3.05, 3.63) is 60.2 Å². The Balaban J connectivity index is 2.07. The third kappa shape index (κ3) is 7.79. The van der Waals surface area contributed by atoms with Crippen LogP contribution in [-0.2, 0) is 25.5 Å². The third-order valence-electron chi connectivity index (χ3n) is 4.95. The lowest BCUT2D eigenvalue weighted by Crippen LogP contribution is -2.39. The summed E-state index contributed by atoms with van der Waals surface area (Å²) < 4.78 is 4.92. The van der Waals surface area contributed by atoms with Gasteiger partial charge in [0.2, 0.25) is 5.91 Å². The van der Waals surface area contributed by atoms with Crippen LogP contribution < -0.4 is 5.32 Å². The fourth-order valence-corrected chi connectivity index (χ4v) is 3.30. The zero-order chi connectivity index (χ0) is 21.9. The first-order chi connectivity index (χ1) is 14.4. The molecule has 6 heteroatoms. The molecule has 6 nitrogen and oxygen atoms in total. The normalized spacial score (nSPS) is 12.7. The quantitative estimate of drug-likeness (QED) is 0.558. The molecule has 30 heavy (non-hydrogen) atoms. The van der Waals surface area contributed by atoms with Gasteiger partial charge in [-0.3, -0.25) is 14.4 Å². The zero-order valence-electron chi connectivity index (χ0n) is 17.5. The minimum absolute atomic E-state index is 0.0262. The molecule has 0 aliphatic carbocycles. The molecule has 0 aliphatic heterocycles. The van der Waals surface area contributed by atoms with E-state index < -0.39 is 5.97 Å². The van der Waals surface area contributed by atoms with E-state index >= 15 is 0 Å². The Kier molecular flexibility index (Phi) is 9.22. The highest BCUT2D eigenvalue weighted by Crippen LogP contribution is 2.21. The van der Waals surface area contributed by atoms with Gasteiger partial charge in [-0.15, -0.1) is 0 Å². The number of benzene rings is 2. The van der Waals surface area contributed by atoms with Crippen LogP contribution in [0.15, 0.2) is 54.6 Å². The predicted octanol–water partition coefficient (Wildman–Crippen LogP) is 3.49. The summed E-state index contributed by atoms with van der Waals surface area (Å²) in [5.74, 6) is -1.64. The van der Waals surface area contributed by atoms with Crippen molar-refractivity contribution in [3.8, 4) is 11.1 Å². The van der Waals surface area contributed by atoms with Crippen molar-refractivity contribution < 1.29 is 24.2 Å². The van der Waals surface area contributed by atoms with E-state index in [0.29, 0.717) is 12.8 Å². The SMILES string of the molecule is COCC(=O)[C@H](C)C[C@@H](Cc1ccc(-c2ccccc2)cc1)NC(=O)CCC(=O)O. The van der Waals surface area contributed by atoms with E-state index in [1.807, 2.05) is 61.5 Å². The van der Waals surface area contributed by atoms with Gasteiger partial charge in [0.1, 0.15) is 6.61 Å². The van der Waals surface area contributed by atoms with Crippen molar-refractivity contribution in [3.63, 3.8) is 0 Å². The topological polar surface area (TPSA) is 92.7 Å². The number of ketones is 1. The van der Waals surface area contributed by atoms with E-state index in [9.17, 15) is 14.4 Å². The molecule has 2 aromatic rings. The van der Waals surface area contributed by atoms with Gasteiger partial charge >= 0.3 is 5.97 Å². The van der Waals surface area contributed by atoms with Crippen LogP contribution in [0.2, 0.25) is 0 Å². The minimum atomic E-state index is -1.01. The Labute approximate surface area is 177 Å². The molecule has 0 radical (unpaired) electrons. The molecule has 0 saturated heterocycles. The van der Waals surface area contributed by atoms with Crippen LogP contribution in [0.4, 0.5) is 0 Å². The summed E-state index contributed by atoms with van der Waals surface area (Å²) in [4.78, 5) is 35.0. The Hall–Kier alpha value is -2.99. The number of carbonyl (C=O) groups is 3. The lowest BCUT2D eigenvalue weighted by Gasteiger charge is -2.22. The second kappa shape index (κ2) is 11.9. The number of nitrogens with one attached hydrogen (secondary N) is 1. The molecule has 2 rings (SSSR count). The first kappa shape index (κ1) is 23.3. The summed E-state index contributed by atoms with van der Waals surface area (Å²) in [6.45, 7) is 1.85. The Morgan fingerprint density at radius 1 is 0.967 bits per heavy atom. The lowest BCUT2D eigenvalue weighted by molar-refractivity contribution is -0.138. The summed E-state index contributed by atoms with van der Waals surface area (Å²) >= 11 is 0. The summed E-state index contributed by atoms with van der Waals surface area (Å²) in [5, 5.41) is 11.7. The van der Waals surface area contributed by atoms with Gasteiger partial charge in [0, 0.05) is 25.5 Å². The van der Waals surface area contributed by atoms with Gasteiger partial charge in [-0.1, -0.05) is 61.5 Å². The number of hydrogen-bond donors (Lipinski definition) is 2. The number of hydrogen-bond acceptors (Lipinski definition) is 4. The summed E-state index contributed by atoms with van der Waals surface area (Å²) in [5.41, 5.74) is 3.26. The highest BCUT2D eigenvalue weighted by Gasteiger charge is 2.21. The van der Waals surface area contributed by atoms with Crippen LogP contribution in [0.3, 0.4) is 0 Å². The molecule has 0 aromatic heterocycles. The van der Waals surface area contributed by atoms with Crippen LogP contribution in [0.1, 0.15) is 31.7 Å². The van der Waals surface area contributed by atoms with Gasteiger partial charge in [-0.2, -0.15) is 0 Å². The molecule has 0 bridgehead atoms. The molecule has 0 spiro atoms. The smallest absolute Gasteiger partial charge is 0.303 e. The number of carbonyl (C=O) groups excluding carboxylic acids is 2. The summed E-state index contributed by atoms with van der Waals surface area (Å²) in [6, 6.07) is 17.9. The standard InChI is InChI=1S/C24H29NO5/c1-17(22(26)16-30-2)14-21(25-23(27)12-13-24(28)29)15-18-8-10-20(11-9-18)19-6-4-3-5-7-19/h3-11,17,21H,12-16H2,1-2H3,(H,25,27)(H,28,29)/t17-,21+/m1/s1. The van der Waals surface area contributed by atoms with Gasteiger partial charge in [-0.05, 0) is 29.5 Å². The number of amides is 1. The van der Waals surface area contributed by atoms with Gasteiger partial charge in [0.05, 0.1) is 6.42 Å². The van der Waals surface area contributed by atoms with Gasteiger partial charge in [0.25, 0.3) is 0 Å². The third-order valence-corrected chi connectivity index (χ3v) is 4.95. The number of aliphatic carboxylic acids is 1. The molecule has 0 saturated carbocycles. The van der Waals surface area contributed by atoms with Crippen LogP contribution in [0, 0.1) is 5.92 Å². The Morgan fingerprint density at radius 3 is 2.20 bits per heavy atom. The molecule has 1 amide bonds. The molecule has 2 aromatic carbocycles. The molecule has 2 atom stereocenters. The average Bonchev–Trinajstić information content (AvgIpc) is 2.73. The Bertz CT molecular complexity index is 832. The molecule has 0 aliphatic rings. The number of carboxylic acid groups (broad SMARTS) is 1. The minimum Gasteiger partial charge on any atom is -0.481 e. The monoisotopic (exact) mass is 411 g/mol. The second-order valence-electron chi connectivity index (χ2n) is 7.46. The van der Waals surface area contributed by atoms with E-state index in [4.69, 9.17) is 9.84 Å². The van der Waals surface area contributed by atoms with Crippen molar-refractivity contribution >= 4 is 17.7 Å². The lowest BCUT2D eigenvalue weighted by atomic mass is 9.92. The largest absolute Gasteiger partial charge is 0.481 e. The van der Waals surface area contributed by atoms with Crippen molar-refractivity contribution in [2.24, 2.45) is 5.92 Å². The molecular weight excluding hydrogens is 382 g/mol. The van der Waals surface area contributed by atoms with E-state index in [1.54, 1.807) is 0 Å². The summed E-state index contributed by atoms with van der Waals surface area (Å²) in [6.07, 6.45) is 0.710. The number of ether oxygens (including phenoxy) is 1. The van der Waals surface area contributed by atoms with E-state index in [0.717, 1.165) is 16.7 Å². The van der Waals surface area contributed by atoms with Crippen molar-refractivity contribution in [1.29, 1.82) is 0 Å². The summed E-state index contributed by atoms with van der Waals surface area (Å²) in [7, 11) is 1.48. The van der Waals surface area contributed by atoms with Gasteiger partial charge in [0.15, 0.2) is 5.78 Å². The molecule has 0 fully saturated rings. The fraction of sp³-hybridized carbons (Fsp3) is 0.375. The number of rotatable bonds is 12. The van der Waals surface area contributed by atoms with E-state index in [1.165, 1.54) is 7.11 Å². The fourth-order valence-electron chi connectivity index (χ4n) is 3.30. The molecule has 0 unspecified atom stereocenters. The maximum atomic E-state index is 12.2. The number of Topliss-reactive ketones (excluding diaryl/α,β-unsaturated/α-hetero) is 1. The Morgan fingerprint density at radius 2 is 1.60 bits per heavy atom. The van der Waals surface area contributed by atoms with Crippen LogP contribution in [0.5, 0.6) is 0 Å². The van der Waals surface area contributed by atoms with Crippen molar-refractivity contribution in [1.82, 2.24) is 5.32 Å². The number of methoxy groups -OCH3 is 1. The molecule has 2 N–H and O–H groups in total. The maximum Gasteiger partial charge on any atom is 0.303 e. The molecular formula is C24H29NO5. The van der Waals surface area contributed by atoms with Gasteiger partial charge in [-0.25, -0.2) is 0 Å². The first-order valence-electron chi connectivity index (χ1n) is 10.1. The number of carboxylic acids is 1. The molecule has 160 valence electrons. The maximum absolute atomic E-state index is 12.2. The predicted molar refractivity (Wildman–Crippen MR) is 115 cm³/mol. The van der Waals surface area contributed by atoms with E-state index in [-0.39, 0.29) is 43.1 Å².